The second kappa shape index (κ2) is 8.86. The minimum atomic E-state index is -0.917. The van der Waals surface area contributed by atoms with Crippen molar-refractivity contribution in [3.8, 4) is 16.9 Å². The van der Waals surface area contributed by atoms with Crippen LogP contribution in [0, 0.1) is 20.8 Å². The summed E-state index contributed by atoms with van der Waals surface area (Å²) in [6.45, 7) is 5.46. The van der Waals surface area contributed by atoms with Gasteiger partial charge in [-0.3, -0.25) is 0 Å². The van der Waals surface area contributed by atoms with Crippen LogP contribution < -0.4 is 10.1 Å². The molecule has 1 fully saturated rings. The van der Waals surface area contributed by atoms with Gasteiger partial charge in [0.25, 0.3) is 0 Å². The van der Waals surface area contributed by atoms with Gasteiger partial charge in [-0.1, -0.05) is 5.16 Å². The number of aliphatic hydroxyl groups excluding tert-OH is 2. The van der Waals surface area contributed by atoms with Crippen molar-refractivity contribution in [3.63, 3.8) is 0 Å². The molecule has 4 heterocycles. The van der Waals surface area contributed by atoms with E-state index in [1.54, 1.807) is 11.8 Å². The van der Waals surface area contributed by atoms with Crippen LogP contribution in [0.2, 0.25) is 0 Å². The lowest BCUT2D eigenvalue weighted by atomic mass is 10.0. The van der Waals surface area contributed by atoms with Crippen LogP contribution in [0.5, 0.6) is 5.75 Å². The Balaban J connectivity index is 1.50. The SMILES string of the molecule is COc1cc2c(cc1-c1c(C)noc1C)[nH]c1nc(C)nc(Nc3cc(C4CC4)nn3C[C@H](O)CO)c12. The molecule has 1 aliphatic carbocycles. The normalized spacial score (nSPS) is 14.5. The fraction of sp³-hybridized carbons (Fsp3) is 0.385. The number of benzene rings is 1. The van der Waals surface area contributed by atoms with Crippen molar-refractivity contribution in [2.45, 2.75) is 52.2 Å². The van der Waals surface area contributed by atoms with Gasteiger partial charge in [0.1, 0.15) is 34.6 Å². The number of ether oxygens (including phenoxy) is 1. The molecule has 0 bridgehead atoms. The van der Waals surface area contributed by atoms with Gasteiger partial charge in [-0.05, 0) is 45.7 Å². The monoisotopic (exact) mass is 503 g/mol. The van der Waals surface area contributed by atoms with Crippen LogP contribution in [0.15, 0.2) is 22.7 Å². The summed E-state index contributed by atoms with van der Waals surface area (Å²) in [6.07, 6.45) is 1.29. The van der Waals surface area contributed by atoms with Crippen molar-refractivity contribution in [1.82, 2.24) is 29.9 Å². The first-order chi connectivity index (χ1) is 17.9. The van der Waals surface area contributed by atoms with E-state index in [0.717, 1.165) is 51.6 Å². The number of aromatic amines is 1. The highest BCUT2D eigenvalue weighted by Gasteiger charge is 2.28. The molecule has 37 heavy (non-hydrogen) atoms. The maximum atomic E-state index is 10.1. The fourth-order valence-corrected chi connectivity index (χ4v) is 4.89. The molecule has 192 valence electrons. The molecule has 5 aromatic rings. The van der Waals surface area contributed by atoms with Gasteiger partial charge >= 0.3 is 0 Å². The highest BCUT2D eigenvalue weighted by molar-refractivity contribution is 6.13. The molecule has 1 aromatic carbocycles. The summed E-state index contributed by atoms with van der Waals surface area (Å²) in [6, 6.07) is 5.99. The van der Waals surface area contributed by atoms with E-state index in [0.29, 0.717) is 40.5 Å². The van der Waals surface area contributed by atoms with Crippen molar-refractivity contribution in [2.24, 2.45) is 0 Å². The zero-order chi connectivity index (χ0) is 25.8. The highest BCUT2D eigenvalue weighted by Crippen LogP contribution is 2.42. The van der Waals surface area contributed by atoms with E-state index in [9.17, 15) is 10.2 Å². The van der Waals surface area contributed by atoms with Gasteiger partial charge < -0.3 is 29.8 Å². The number of anilines is 2. The van der Waals surface area contributed by atoms with Gasteiger partial charge in [-0.2, -0.15) is 5.10 Å². The topological polar surface area (TPSA) is 147 Å². The number of rotatable bonds is 8. The Bertz CT molecular complexity index is 1610. The van der Waals surface area contributed by atoms with E-state index >= 15 is 0 Å². The number of aryl methyl sites for hydroxylation is 3. The predicted molar refractivity (Wildman–Crippen MR) is 138 cm³/mol. The number of hydrogen-bond acceptors (Lipinski definition) is 9. The predicted octanol–water partition coefficient (Wildman–Crippen LogP) is 3.87. The van der Waals surface area contributed by atoms with E-state index < -0.39 is 6.10 Å². The van der Waals surface area contributed by atoms with Crippen molar-refractivity contribution < 1.29 is 19.5 Å². The number of nitrogens with one attached hydrogen (secondary N) is 2. The third-order valence-corrected chi connectivity index (χ3v) is 6.82. The van der Waals surface area contributed by atoms with Crippen LogP contribution in [0.3, 0.4) is 0 Å². The second-order valence-electron chi connectivity index (χ2n) is 9.64. The summed E-state index contributed by atoms with van der Waals surface area (Å²) in [5, 5.41) is 33.4. The van der Waals surface area contributed by atoms with E-state index in [-0.39, 0.29) is 13.2 Å². The number of hydrogen-bond donors (Lipinski definition) is 4. The first-order valence-corrected chi connectivity index (χ1v) is 12.3. The molecule has 0 aliphatic heterocycles. The van der Waals surface area contributed by atoms with E-state index in [4.69, 9.17) is 14.2 Å². The van der Waals surface area contributed by atoms with Crippen molar-refractivity contribution in [3.05, 3.63) is 41.2 Å². The maximum Gasteiger partial charge on any atom is 0.145 e. The van der Waals surface area contributed by atoms with Gasteiger partial charge in [-0.25, -0.2) is 14.6 Å². The molecule has 0 spiro atoms. The van der Waals surface area contributed by atoms with Crippen molar-refractivity contribution >= 4 is 33.6 Å². The Morgan fingerprint density at radius 2 is 2.03 bits per heavy atom. The van der Waals surface area contributed by atoms with Crippen LogP contribution in [-0.2, 0) is 6.54 Å². The Hall–Kier alpha value is -3.96. The third-order valence-electron chi connectivity index (χ3n) is 6.82. The Morgan fingerprint density at radius 3 is 2.70 bits per heavy atom. The summed E-state index contributed by atoms with van der Waals surface area (Å²) in [4.78, 5) is 12.8. The van der Waals surface area contributed by atoms with Crippen LogP contribution in [0.4, 0.5) is 11.6 Å². The minimum Gasteiger partial charge on any atom is -0.496 e. The van der Waals surface area contributed by atoms with Crippen molar-refractivity contribution in [1.29, 1.82) is 0 Å². The summed E-state index contributed by atoms with van der Waals surface area (Å²) < 4.78 is 12.9. The lowest BCUT2D eigenvalue weighted by molar-refractivity contribution is 0.0787. The zero-order valence-electron chi connectivity index (χ0n) is 21.2. The summed E-state index contributed by atoms with van der Waals surface area (Å²) in [5.41, 5.74) is 5.09. The molecule has 4 aromatic heterocycles. The molecular weight excluding hydrogens is 474 g/mol. The van der Waals surface area contributed by atoms with Gasteiger partial charge in [0.15, 0.2) is 0 Å². The smallest absolute Gasteiger partial charge is 0.145 e. The fourth-order valence-electron chi connectivity index (χ4n) is 4.89. The summed E-state index contributed by atoms with van der Waals surface area (Å²) >= 11 is 0. The second-order valence-corrected chi connectivity index (χ2v) is 9.64. The minimum absolute atomic E-state index is 0.168. The number of methoxy groups -OCH3 is 1. The van der Waals surface area contributed by atoms with Crippen LogP contribution >= 0.6 is 0 Å². The highest BCUT2D eigenvalue weighted by atomic mass is 16.5. The summed E-state index contributed by atoms with van der Waals surface area (Å²) in [5.74, 6) is 3.74. The van der Waals surface area contributed by atoms with Crippen LogP contribution in [0.1, 0.15) is 41.7 Å². The molecule has 0 radical (unpaired) electrons. The van der Waals surface area contributed by atoms with E-state index in [1.165, 1.54) is 0 Å². The molecule has 1 aliphatic rings. The average molecular weight is 504 g/mol. The first-order valence-electron chi connectivity index (χ1n) is 12.3. The summed E-state index contributed by atoms with van der Waals surface area (Å²) in [7, 11) is 1.64. The van der Waals surface area contributed by atoms with Gasteiger partial charge in [-0.15, -0.1) is 0 Å². The Kier molecular flexibility index (Phi) is 5.61. The van der Waals surface area contributed by atoms with Gasteiger partial charge in [0, 0.05) is 28.5 Å². The van der Waals surface area contributed by atoms with E-state index in [1.807, 2.05) is 39.0 Å². The van der Waals surface area contributed by atoms with Gasteiger partial charge in [0.05, 0.1) is 48.7 Å². The quantitative estimate of drug-likeness (QED) is 0.248. The number of nitrogens with zero attached hydrogens (tertiary/aromatic N) is 5. The zero-order valence-corrected chi connectivity index (χ0v) is 21.2. The number of aromatic nitrogens is 6. The molecule has 1 saturated carbocycles. The lowest BCUT2D eigenvalue weighted by Crippen LogP contribution is -2.21. The van der Waals surface area contributed by atoms with E-state index in [2.05, 4.69) is 25.5 Å². The van der Waals surface area contributed by atoms with Crippen LogP contribution in [-0.4, -0.2) is 59.9 Å². The molecule has 1 atom stereocenters. The third kappa shape index (κ3) is 4.09. The number of aliphatic hydroxyl groups is 2. The molecule has 0 amide bonds. The largest absolute Gasteiger partial charge is 0.496 e. The number of H-pyrrole nitrogens is 1. The average Bonchev–Trinajstić information content (AvgIpc) is 3.45. The molecule has 11 nitrogen and oxygen atoms in total. The molecule has 6 rings (SSSR count). The molecule has 4 N–H and O–H groups in total. The van der Waals surface area contributed by atoms with Gasteiger partial charge in [0.2, 0.25) is 0 Å². The molecular formula is C26H29N7O4. The number of fused-ring (bicyclic) bond motifs is 3. The molecule has 0 unspecified atom stereocenters. The van der Waals surface area contributed by atoms with Crippen LogP contribution in [0.25, 0.3) is 33.1 Å². The van der Waals surface area contributed by atoms with Crippen molar-refractivity contribution in [2.75, 3.05) is 19.0 Å². The Labute approximate surface area is 212 Å². The molecule has 11 heteroatoms. The first kappa shape index (κ1) is 23.4. The molecule has 0 saturated heterocycles. The maximum absolute atomic E-state index is 10.1. The Morgan fingerprint density at radius 1 is 1.22 bits per heavy atom. The standard InChI is InChI=1S/C26H29N7O4/c1-12-23(13(2)37-32-12)18-7-20-17(8-21(18)36-4)24-25(29-20)27-14(3)28-26(24)30-22-9-19(15-5-6-15)31-33(22)10-16(35)11-34/h7-9,15-16,34-35H,5-6,10-11H2,1-4H3,(H2,27,28,29,30)/t16-/m0/s1. The lowest BCUT2D eigenvalue weighted by Gasteiger charge is -2.13.